The average Bonchev–Trinajstić information content (AvgIpc) is 2.84. The molecule has 0 fully saturated rings. The van der Waals surface area contributed by atoms with E-state index in [9.17, 15) is 19.5 Å². The number of anilines is 1. The number of carboxylic acid groups (broad SMARTS) is 1. The Labute approximate surface area is 180 Å². The second-order valence-electron chi connectivity index (χ2n) is 7.29. The first-order valence-electron chi connectivity index (χ1n) is 9.79. The molecule has 1 aliphatic heterocycles. The van der Waals surface area contributed by atoms with E-state index >= 15 is 0 Å². The van der Waals surface area contributed by atoms with Gasteiger partial charge in [0.05, 0.1) is 11.3 Å². The second-order valence-corrected chi connectivity index (χ2v) is 7.29. The maximum atomic E-state index is 13.2. The standard InChI is InChI=1S/C23H24N4O4/c1-3-18(23(30)31)27-13-20(28)26(2)19-11-8-15(12-17(19)22(27)29)5-4-14-6-9-16(10-7-14)21(24)25/h4-12,18H,3,13H2,1-2H3,(H3,24,25)(H,30,31). The number of rotatable bonds is 6. The van der Waals surface area contributed by atoms with Crippen LogP contribution in [0.4, 0.5) is 5.69 Å². The Morgan fingerprint density at radius 1 is 1.16 bits per heavy atom. The maximum Gasteiger partial charge on any atom is 0.326 e. The molecule has 3 rings (SSSR count). The zero-order chi connectivity index (χ0) is 22.7. The van der Waals surface area contributed by atoms with E-state index in [0.717, 1.165) is 16.0 Å². The Bertz CT molecular complexity index is 1080. The van der Waals surface area contributed by atoms with E-state index in [1.165, 1.54) is 4.90 Å². The predicted molar refractivity (Wildman–Crippen MR) is 119 cm³/mol. The van der Waals surface area contributed by atoms with Crippen LogP contribution in [0, 0.1) is 5.41 Å². The Morgan fingerprint density at radius 3 is 2.35 bits per heavy atom. The molecule has 0 bridgehead atoms. The number of hydrogen-bond donors (Lipinski definition) is 3. The van der Waals surface area contributed by atoms with Crippen molar-refractivity contribution in [3.63, 3.8) is 0 Å². The molecule has 0 saturated heterocycles. The molecule has 8 heteroatoms. The van der Waals surface area contributed by atoms with Crippen molar-refractivity contribution in [3.8, 4) is 0 Å². The monoisotopic (exact) mass is 420 g/mol. The lowest BCUT2D eigenvalue weighted by Crippen LogP contribution is -2.47. The number of carbonyl (C=O) groups is 3. The van der Waals surface area contributed by atoms with Crippen molar-refractivity contribution >= 4 is 41.5 Å². The van der Waals surface area contributed by atoms with Crippen molar-refractivity contribution in [2.75, 3.05) is 18.5 Å². The van der Waals surface area contributed by atoms with E-state index in [1.807, 2.05) is 24.3 Å². The Morgan fingerprint density at radius 2 is 1.77 bits per heavy atom. The van der Waals surface area contributed by atoms with Gasteiger partial charge in [0.2, 0.25) is 5.91 Å². The Hall–Kier alpha value is -3.94. The molecule has 0 aliphatic carbocycles. The van der Waals surface area contributed by atoms with Crippen LogP contribution in [0.1, 0.15) is 40.4 Å². The minimum Gasteiger partial charge on any atom is -0.480 e. The maximum absolute atomic E-state index is 13.2. The number of fused-ring (bicyclic) bond motifs is 1. The minimum absolute atomic E-state index is 0.00485. The molecule has 1 unspecified atom stereocenters. The van der Waals surface area contributed by atoms with Crippen molar-refractivity contribution in [3.05, 3.63) is 64.7 Å². The van der Waals surface area contributed by atoms with Gasteiger partial charge >= 0.3 is 5.97 Å². The number of carboxylic acids is 1. The van der Waals surface area contributed by atoms with Crippen LogP contribution in [0.3, 0.4) is 0 Å². The molecular weight excluding hydrogens is 396 g/mol. The topological polar surface area (TPSA) is 128 Å². The molecule has 0 aromatic heterocycles. The van der Waals surface area contributed by atoms with Crippen LogP contribution >= 0.6 is 0 Å². The first-order valence-corrected chi connectivity index (χ1v) is 9.79. The van der Waals surface area contributed by atoms with Gasteiger partial charge in [-0.05, 0) is 29.7 Å². The number of aliphatic carboxylic acids is 1. The SMILES string of the molecule is CCC(C(=O)O)N1CC(=O)N(C)c2ccc(C=Cc3ccc(C(=N)N)cc3)cc2C1=O. The summed E-state index contributed by atoms with van der Waals surface area (Å²) in [5.74, 6) is -1.97. The van der Waals surface area contributed by atoms with Gasteiger partial charge in [-0.1, -0.05) is 49.4 Å². The van der Waals surface area contributed by atoms with Crippen molar-refractivity contribution in [2.24, 2.45) is 5.73 Å². The fourth-order valence-electron chi connectivity index (χ4n) is 3.48. The first kappa shape index (κ1) is 21.8. The molecule has 8 nitrogen and oxygen atoms in total. The lowest BCUT2D eigenvalue weighted by molar-refractivity contribution is -0.142. The molecule has 160 valence electrons. The minimum atomic E-state index is -1.14. The highest BCUT2D eigenvalue weighted by molar-refractivity contribution is 6.10. The number of amides is 2. The highest BCUT2D eigenvalue weighted by Crippen LogP contribution is 2.28. The lowest BCUT2D eigenvalue weighted by atomic mass is 10.0. The van der Waals surface area contributed by atoms with Crippen molar-refractivity contribution in [1.82, 2.24) is 4.90 Å². The number of carbonyl (C=O) groups excluding carboxylic acids is 2. The molecule has 2 aromatic carbocycles. The third-order valence-corrected chi connectivity index (χ3v) is 5.29. The van der Waals surface area contributed by atoms with E-state index in [0.29, 0.717) is 11.3 Å². The molecule has 0 radical (unpaired) electrons. The summed E-state index contributed by atoms with van der Waals surface area (Å²) in [5.41, 5.74) is 8.44. The van der Waals surface area contributed by atoms with E-state index < -0.39 is 17.9 Å². The van der Waals surface area contributed by atoms with Gasteiger partial charge in [-0.3, -0.25) is 15.0 Å². The largest absolute Gasteiger partial charge is 0.480 e. The van der Waals surface area contributed by atoms with E-state index in [1.54, 1.807) is 44.3 Å². The smallest absolute Gasteiger partial charge is 0.326 e. The summed E-state index contributed by atoms with van der Waals surface area (Å²) in [6, 6.07) is 11.2. The zero-order valence-electron chi connectivity index (χ0n) is 17.3. The number of hydrogen-bond acceptors (Lipinski definition) is 4. The Balaban J connectivity index is 1.96. The average molecular weight is 420 g/mol. The molecule has 1 heterocycles. The number of benzene rings is 2. The third-order valence-electron chi connectivity index (χ3n) is 5.29. The number of likely N-dealkylation sites (N-methyl/N-ethyl adjacent to an activating group) is 1. The van der Waals surface area contributed by atoms with Gasteiger partial charge in [0.25, 0.3) is 5.91 Å². The normalized spacial score (nSPS) is 15.0. The molecule has 0 saturated carbocycles. The molecule has 1 aliphatic rings. The number of nitrogens with one attached hydrogen (secondary N) is 1. The highest BCUT2D eigenvalue weighted by Gasteiger charge is 2.36. The van der Waals surface area contributed by atoms with Crippen molar-refractivity contribution in [2.45, 2.75) is 19.4 Å². The molecule has 1 atom stereocenters. The van der Waals surface area contributed by atoms with Crippen LogP contribution in [0.5, 0.6) is 0 Å². The van der Waals surface area contributed by atoms with Crippen LogP contribution < -0.4 is 10.6 Å². The van der Waals surface area contributed by atoms with E-state index in [-0.39, 0.29) is 30.3 Å². The quantitative estimate of drug-likeness (QED) is 0.376. The van der Waals surface area contributed by atoms with Crippen molar-refractivity contribution < 1.29 is 19.5 Å². The van der Waals surface area contributed by atoms with Crippen LogP contribution in [0.15, 0.2) is 42.5 Å². The van der Waals surface area contributed by atoms with E-state index in [2.05, 4.69) is 0 Å². The predicted octanol–water partition coefficient (Wildman–Crippen LogP) is 2.42. The van der Waals surface area contributed by atoms with Crippen molar-refractivity contribution in [1.29, 1.82) is 5.41 Å². The molecule has 0 spiro atoms. The van der Waals surface area contributed by atoms with Gasteiger partial charge in [0, 0.05) is 12.6 Å². The zero-order valence-corrected chi connectivity index (χ0v) is 17.3. The van der Waals surface area contributed by atoms with Gasteiger partial charge in [-0.2, -0.15) is 0 Å². The molecule has 31 heavy (non-hydrogen) atoms. The highest BCUT2D eigenvalue weighted by atomic mass is 16.4. The molecule has 4 N–H and O–H groups in total. The molecular formula is C23H24N4O4. The van der Waals surface area contributed by atoms with Crippen LogP contribution in [0.25, 0.3) is 12.2 Å². The fraction of sp³-hybridized carbons (Fsp3) is 0.217. The van der Waals surface area contributed by atoms with Crippen LogP contribution in [-0.4, -0.2) is 53.3 Å². The molecule has 2 amide bonds. The lowest BCUT2D eigenvalue weighted by Gasteiger charge is -2.26. The van der Waals surface area contributed by atoms with Gasteiger partial charge in [0.1, 0.15) is 18.4 Å². The van der Waals surface area contributed by atoms with Crippen LogP contribution in [-0.2, 0) is 9.59 Å². The summed E-state index contributed by atoms with van der Waals surface area (Å²) in [7, 11) is 1.58. The van der Waals surface area contributed by atoms with E-state index in [4.69, 9.17) is 11.1 Å². The van der Waals surface area contributed by atoms with Gasteiger partial charge < -0.3 is 20.6 Å². The van der Waals surface area contributed by atoms with Gasteiger partial charge in [-0.25, -0.2) is 4.79 Å². The number of nitrogens with zero attached hydrogens (tertiary/aromatic N) is 2. The summed E-state index contributed by atoms with van der Waals surface area (Å²) < 4.78 is 0. The summed E-state index contributed by atoms with van der Waals surface area (Å²) in [6.45, 7) is 1.38. The number of nitrogen functional groups attached to an aromatic ring is 1. The number of nitrogens with two attached hydrogens (primary N) is 1. The summed E-state index contributed by atoms with van der Waals surface area (Å²) in [6.07, 6.45) is 3.87. The summed E-state index contributed by atoms with van der Waals surface area (Å²) >= 11 is 0. The first-order chi connectivity index (χ1) is 14.7. The summed E-state index contributed by atoms with van der Waals surface area (Å²) in [5, 5.41) is 16.9. The Kier molecular flexibility index (Phi) is 6.20. The van der Waals surface area contributed by atoms with Gasteiger partial charge in [0.15, 0.2) is 0 Å². The summed E-state index contributed by atoms with van der Waals surface area (Å²) in [4.78, 5) is 39.9. The molecule has 2 aromatic rings. The number of amidine groups is 1. The fourth-order valence-corrected chi connectivity index (χ4v) is 3.48. The third kappa shape index (κ3) is 4.48. The second kappa shape index (κ2) is 8.83. The van der Waals surface area contributed by atoms with Crippen LogP contribution in [0.2, 0.25) is 0 Å². The van der Waals surface area contributed by atoms with Gasteiger partial charge in [-0.15, -0.1) is 0 Å².